The highest BCUT2D eigenvalue weighted by molar-refractivity contribution is 5.36. The molecule has 1 rings (SSSR count). The average Bonchev–Trinajstić information content (AvgIpc) is 2.20. The standard InChI is InChI=1S/C11H15FN2O2/c1-3-9(7(2)13)10-5-4-8(14(15)16)6-11(10)12/h4-7,9H,3,13H2,1-2H3. The highest BCUT2D eigenvalue weighted by atomic mass is 19.1. The van der Waals surface area contributed by atoms with Crippen molar-refractivity contribution < 1.29 is 9.31 Å². The number of nitrogens with two attached hydrogens (primary N) is 1. The highest BCUT2D eigenvalue weighted by Gasteiger charge is 2.20. The Bertz CT molecular complexity index is 394. The monoisotopic (exact) mass is 226 g/mol. The minimum absolute atomic E-state index is 0.110. The van der Waals surface area contributed by atoms with Gasteiger partial charge < -0.3 is 5.73 Å². The summed E-state index contributed by atoms with van der Waals surface area (Å²) in [5, 5.41) is 10.5. The fraction of sp³-hybridized carbons (Fsp3) is 0.455. The molecule has 0 saturated heterocycles. The number of nitro benzene ring substituents is 1. The van der Waals surface area contributed by atoms with E-state index in [1.807, 2.05) is 6.92 Å². The molecule has 16 heavy (non-hydrogen) atoms. The molecule has 0 fully saturated rings. The maximum Gasteiger partial charge on any atom is 0.272 e. The van der Waals surface area contributed by atoms with Crippen molar-refractivity contribution in [3.63, 3.8) is 0 Å². The zero-order valence-corrected chi connectivity index (χ0v) is 9.31. The Morgan fingerprint density at radius 3 is 2.56 bits per heavy atom. The van der Waals surface area contributed by atoms with Crippen LogP contribution in [-0.2, 0) is 0 Å². The minimum atomic E-state index is -0.611. The highest BCUT2D eigenvalue weighted by Crippen LogP contribution is 2.27. The van der Waals surface area contributed by atoms with E-state index in [4.69, 9.17) is 5.73 Å². The molecule has 0 spiro atoms. The number of benzene rings is 1. The number of non-ortho nitro benzene ring substituents is 1. The van der Waals surface area contributed by atoms with Crippen LogP contribution in [0.3, 0.4) is 0 Å². The first-order valence-electron chi connectivity index (χ1n) is 5.16. The maximum atomic E-state index is 13.6. The van der Waals surface area contributed by atoms with Gasteiger partial charge in [-0.25, -0.2) is 4.39 Å². The van der Waals surface area contributed by atoms with Gasteiger partial charge in [-0.3, -0.25) is 10.1 Å². The summed E-state index contributed by atoms with van der Waals surface area (Å²) in [6, 6.07) is 3.52. The largest absolute Gasteiger partial charge is 0.327 e. The minimum Gasteiger partial charge on any atom is -0.327 e. The fourth-order valence-electron chi connectivity index (χ4n) is 1.81. The molecule has 5 heteroatoms. The Labute approximate surface area is 93.4 Å². The Kier molecular flexibility index (Phi) is 3.95. The quantitative estimate of drug-likeness (QED) is 0.633. The zero-order chi connectivity index (χ0) is 12.3. The second-order valence-electron chi connectivity index (χ2n) is 3.84. The van der Waals surface area contributed by atoms with E-state index in [0.717, 1.165) is 6.07 Å². The molecule has 88 valence electrons. The summed E-state index contributed by atoms with van der Waals surface area (Å²) in [5.74, 6) is -0.667. The molecule has 4 nitrogen and oxygen atoms in total. The molecule has 2 atom stereocenters. The van der Waals surface area contributed by atoms with Crippen LogP contribution in [0.5, 0.6) is 0 Å². The summed E-state index contributed by atoms with van der Waals surface area (Å²) >= 11 is 0. The summed E-state index contributed by atoms with van der Waals surface area (Å²) in [6.45, 7) is 3.71. The van der Waals surface area contributed by atoms with Gasteiger partial charge in [0.15, 0.2) is 0 Å². The summed E-state index contributed by atoms with van der Waals surface area (Å²) in [7, 11) is 0. The van der Waals surface area contributed by atoms with Crippen LogP contribution in [0.15, 0.2) is 18.2 Å². The lowest BCUT2D eigenvalue weighted by Gasteiger charge is -2.19. The first-order valence-corrected chi connectivity index (χ1v) is 5.16. The Hall–Kier alpha value is -1.49. The van der Waals surface area contributed by atoms with Crippen LogP contribution in [0, 0.1) is 15.9 Å². The maximum absolute atomic E-state index is 13.6. The number of hydrogen-bond acceptors (Lipinski definition) is 3. The summed E-state index contributed by atoms with van der Waals surface area (Å²) < 4.78 is 13.6. The van der Waals surface area contributed by atoms with Gasteiger partial charge in [-0.05, 0) is 25.0 Å². The summed E-state index contributed by atoms with van der Waals surface area (Å²) in [6.07, 6.45) is 0.701. The molecule has 1 aromatic rings. The van der Waals surface area contributed by atoms with Crippen molar-refractivity contribution in [2.45, 2.75) is 32.2 Å². The lowest BCUT2D eigenvalue weighted by atomic mass is 9.90. The third kappa shape index (κ3) is 2.55. The molecule has 2 N–H and O–H groups in total. The van der Waals surface area contributed by atoms with Gasteiger partial charge in [0.05, 0.1) is 11.0 Å². The van der Waals surface area contributed by atoms with Gasteiger partial charge in [0.2, 0.25) is 0 Å². The lowest BCUT2D eigenvalue weighted by Crippen LogP contribution is -2.25. The van der Waals surface area contributed by atoms with Crippen LogP contribution in [-0.4, -0.2) is 11.0 Å². The Morgan fingerprint density at radius 2 is 2.19 bits per heavy atom. The Balaban J connectivity index is 3.11. The molecule has 2 unspecified atom stereocenters. The van der Waals surface area contributed by atoms with Gasteiger partial charge in [0.1, 0.15) is 5.82 Å². The molecule has 0 aliphatic rings. The van der Waals surface area contributed by atoms with E-state index in [1.165, 1.54) is 12.1 Å². The second kappa shape index (κ2) is 5.03. The molecule has 0 amide bonds. The van der Waals surface area contributed by atoms with E-state index in [1.54, 1.807) is 6.92 Å². The lowest BCUT2D eigenvalue weighted by molar-refractivity contribution is -0.385. The van der Waals surface area contributed by atoms with Crippen LogP contribution in [0.4, 0.5) is 10.1 Å². The van der Waals surface area contributed by atoms with E-state index in [-0.39, 0.29) is 17.6 Å². The van der Waals surface area contributed by atoms with Crippen molar-refractivity contribution in [2.75, 3.05) is 0 Å². The topological polar surface area (TPSA) is 69.2 Å². The van der Waals surface area contributed by atoms with Crippen molar-refractivity contribution in [1.29, 1.82) is 0 Å². The van der Waals surface area contributed by atoms with Crippen LogP contribution in [0.2, 0.25) is 0 Å². The zero-order valence-electron chi connectivity index (χ0n) is 9.31. The molecular formula is C11H15FN2O2. The summed E-state index contributed by atoms with van der Waals surface area (Å²) in [4.78, 5) is 9.84. The molecule has 0 heterocycles. The molecule has 0 aliphatic heterocycles. The van der Waals surface area contributed by atoms with Crippen LogP contribution in [0.1, 0.15) is 31.7 Å². The smallest absolute Gasteiger partial charge is 0.272 e. The van der Waals surface area contributed by atoms with Gasteiger partial charge in [0, 0.05) is 18.0 Å². The third-order valence-corrected chi connectivity index (χ3v) is 2.67. The van der Waals surface area contributed by atoms with Gasteiger partial charge in [-0.2, -0.15) is 0 Å². The van der Waals surface area contributed by atoms with Crippen LogP contribution >= 0.6 is 0 Å². The van der Waals surface area contributed by atoms with Gasteiger partial charge >= 0.3 is 0 Å². The van der Waals surface area contributed by atoms with Crippen molar-refractivity contribution >= 4 is 5.69 Å². The Morgan fingerprint density at radius 1 is 1.56 bits per heavy atom. The van der Waals surface area contributed by atoms with Crippen molar-refractivity contribution in [3.05, 3.63) is 39.7 Å². The number of rotatable bonds is 4. The van der Waals surface area contributed by atoms with Gasteiger partial charge in [0.25, 0.3) is 5.69 Å². The predicted molar refractivity (Wildman–Crippen MR) is 59.7 cm³/mol. The first-order chi connectivity index (χ1) is 7.47. The third-order valence-electron chi connectivity index (χ3n) is 2.67. The van der Waals surface area contributed by atoms with Crippen molar-refractivity contribution in [1.82, 2.24) is 0 Å². The SMILES string of the molecule is CCC(c1ccc([N+](=O)[O-])cc1F)C(C)N. The number of nitrogens with zero attached hydrogens (tertiary/aromatic N) is 1. The molecule has 0 saturated carbocycles. The van der Waals surface area contributed by atoms with Crippen LogP contribution < -0.4 is 5.73 Å². The fourth-order valence-corrected chi connectivity index (χ4v) is 1.81. The van der Waals surface area contributed by atoms with Gasteiger partial charge in [-0.1, -0.05) is 6.92 Å². The molecular weight excluding hydrogens is 211 g/mol. The average molecular weight is 226 g/mol. The molecule has 0 aromatic heterocycles. The normalized spacial score (nSPS) is 14.5. The van der Waals surface area contributed by atoms with Crippen LogP contribution in [0.25, 0.3) is 0 Å². The predicted octanol–water partition coefficient (Wildman–Crippen LogP) is 2.57. The number of halogens is 1. The number of hydrogen-bond donors (Lipinski definition) is 1. The first kappa shape index (κ1) is 12.6. The van der Waals surface area contributed by atoms with E-state index in [9.17, 15) is 14.5 Å². The van der Waals surface area contributed by atoms with Crippen molar-refractivity contribution in [3.8, 4) is 0 Å². The second-order valence-corrected chi connectivity index (χ2v) is 3.84. The summed E-state index contributed by atoms with van der Waals surface area (Å²) in [5.41, 5.74) is 5.96. The van der Waals surface area contributed by atoms with E-state index in [2.05, 4.69) is 0 Å². The van der Waals surface area contributed by atoms with E-state index in [0.29, 0.717) is 12.0 Å². The molecule has 0 aliphatic carbocycles. The number of nitro groups is 1. The molecule has 1 aromatic carbocycles. The van der Waals surface area contributed by atoms with Crippen molar-refractivity contribution in [2.24, 2.45) is 5.73 Å². The van der Waals surface area contributed by atoms with Gasteiger partial charge in [-0.15, -0.1) is 0 Å². The van der Waals surface area contributed by atoms with E-state index < -0.39 is 10.7 Å². The van der Waals surface area contributed by atoms with E-state index >= 15 is 0 Å². The molecule has 0 radical (unpaired) electrons. The molecule has 0 bridgehead atoms.